The van der Waals surface area contributed by atoms with E-state index >= 15 is 0 Å². The number of morpholine rings is 1. The van der Waals surface area contributed by atoms with Crippen LogP contribution in [0.3, 0.4) is 0 Å². The van der Waals surface area contributed by atoms with Gasteiger partial charge in [-0.1, -0.05) is 17.7 Å². The Kier molecular flexibility index (Phi) is 3.98. The van der Waals surface area contributed by atoms with E-state index in [1.807, 2.05) is 4.68 Å². The third-order valence-corrected chi connectivity index (χ3v) is 3.85. The van der Waals surface area contributed by atoms with E-state index in [4.69, 9.17) is 4.74 Å². The lowest BCUT2D eigenvalue weighted by Gasteiger charge is -2.26. The van der Waals surface area contributed by atoms with E-state index in [0.717, 1.165) is 44.4 Å². The number of hydrogen-bond donors (Lipinski definition) is 0. The maximum atomic E-state index is 5.39. The molecule has 1 aromatic carbocycles. The minimum absolute atomic E-state index is 0.753. The molecule has 3 rings (SSSR count). The first-order valence-electron chi connectivity index (χ1n) is 7.31. The molecule has 1 aromatic heterocycles. The molecule has 0 unspecified atom stereocenters. The van der Waals surface area contributed by atoms with Gasteiger partial charge in [0.2, 0.25) is 0 Å². The van der Waals surface area contributed by atoms with Gasteiger partial charge in [-0.15, -0.1) is 5.10 Å². The normalized spacial score (nSPS) is 16.3. The Morgan fingerprint density at radius 2 is 1.76 bits per heavy atom. The standard InChI is InChI=1S/C15H21N5O/c1-11-8-12(2)15(13(3)9-11)20-14(16-17-18-20)10-19-4-6-21-7-5-19/h8-9H,4-7,10H2,1-3H3. The predicted octanol–water partition coefficient (Wildman–Crippen LogP) is 1.42. The summed E-state index contributed by atoms with van der Waals surface area (Å²) in [5.74, 6) is 0.881. The summed E-state index contributed by atoms with van der Waals surface area (Å²) in [5, 5.41) is 12.3. The van der Waals surface area contributed by atoms with Crippen LogP contribution in [0.15, 0.2) is 12.1 Å². The van der Waals surface area contributed by atoms with E-state index in [1.165, 1.54) is 16.7 Å². The fraction of sp³-hybridized carbons (Fsp3) is 0.533. The summed E-state index contributed by atoms with van der Waals surface area (Å²) in [6.45, 7) is 10.5. The van der Waals surface area contributed by atoms with Crippen molar-refractivity contribution in [3.05, 3.63) is 34.6 Å². The van der Waals surface area contributed by atoms with Crippen LogP contribution in [0, 0.1) is 20.8 Å². The Bertz CT molecular complexity index is 608. The first-order valence-corrected chi connectivity index (χ1v) is 7.31. The third kappa shape index (κ3) is 2.96. The molecule has 1 aliphatic rings. The Hall–Kier alpha value is -1.79. The largest absolute Gasteiger partial charge is 0.379 e. The first-order chi connectivity index (χ1) is 10.1. The second kappa shape index (κ2) is 5.91. The average Bonchev–Trinajstić information content (AvgIpc) is 2.87. The zero-order chi connectivity index (χ0) is 14.8. The molecular weight excluding hydrogens is 266 g/mol. The number of rotatable bonds is 3. The molecule has 21 heavy (non-hydrogen) atoms. The Morgan fingerprint density at radius 3 is 2.43 bits per heavy atom. The van der Waals surface area contributed by atoms with E-state index in [1.54, 1.807) is 0 Å². The highest BCUT2D eigenvalue weighted by atomic mass is 16.5. The van der Waals surface area contributed by atoms with Gasteiger partial charge in [0.25, 0.3) is 0 Å². The zero-order valence-electron chi connectivity index (χ0n) is 12.8. The number of aromatic nitrogens is 4. The third-order valence-electron chi connectivity index (χ3n) is 3.85. The molecule has 1 saturated heterocycles. The number of nitrogens with zero attached hydrogens (tertiary/aromatic N) is 5. The molecule has 0 aliphatic carbocycles. The molecular formula is C15H21N5O. The van der Waals surface area contributed by atoms with Crippen molar-refractivity contribution in [2.45, 2.75) is 27.3 Å². The highest BCUT2D eigenvalue weighted by molar-refractivity contribution is 5.48. The smallest absolute Gasteiger partial charge is 0.170 e. The number of aryl methyl sites for hydroxylation is 3. The van der Waals surface area contributed by atoms with Crippen LogP contribution in [0.5, 0.6) is 0 Å². The van der Waals surface area contributed by atoms with Crippen molar-refractivity contribution in [2.24, 2.45) is 0 Å². The fourth-order valence-corrected chi connectivity index (χ4v) is 2.94. The molecule has 2 heterocycles. The Balaban J connectivity index is 1.92. The van der Waals surface area contributed by atoms with Gasteiger partial charge in [0, 0.05) is 13.1 Å². The van der Waals surface area contributed by atoms with Crippen molar-refractivity contribution in [2.75, 3.05) is 26.3 Å². The lowest BCUT2D eigenvalue weighted by molar-refractivity contribution is 0.0327. The molecule has 0 N–H and O–H groups in total. The van der Waals surface area contributed by atoms with Gasteiger partial charge in [0.1, 0.15) is 0 Å². The van der Waals surface area contributed by atoms with Crippen molar-refractivity contribution in [3.8, 4) is 5.69 Å². The van der Waals surface area contributed by atoms with Gasteiger partial charge >= 0.3 is 0 Å². The van der Waals surface area contributed by atoms with Gasteiger partial charge in [0.15, 0.2) is 5.82 Å². The predicted molar refractivity (Wildman–Crippen MR) is 79.5 cm³/mol. The van der Waals surface area contributed by atoms with E-state index in [9.17, 15) is 0 Å². The maximum Gasteiger partial charge on any atom is 0.170 e. The quantitative estimate of drug-likeness (QED) is 0.854. The molecule has 6 heteroatoms. The summed E-state index contributed by atoms with van der Waals surface area (Å²) in [6, 6.07) is 4.34. The summed E-state index contributed by atoms with van der Waals surface area (Å²) in [4.78, 5) is 2.32. The molecule has 6 nitrogen and oxygen atoms in total. The van der Waals surface area contributed by atoms with Gasteiger partial charge in [0.05, 0.1) is 25.4 Å². The van der Waals surface area contributed by atoms with Gasteiger partial charge in [-0.3, -0.25) is 4.90 Å². The molecule has 0 radical (unpaired) electrons. The summed E-state index contributed by atoms with van der Waals surface area (Å²) >= 11 is 0. The van der Waals surface area contributed by atoms with Crippen LogP contribution in [-0.2, 0) is 11.3 Å². The molecule has 0 spiro atoms. The number of ether oxygens (including phenoxy) is 1. The number of benzene rings is 1. The highest BCUT2D eigenvalue weighted by Crippen LogP contribution is 2.21. The lowest BCUT2D eigenvalue weighted by atomic mass is 10.1. The molecule has 112 valence electrons. The Morgan fingerprint density at radius 1 is 1.10 bits per heavy atom. The van der Waals surface area contributed by atoms with E-state index in [-0.39, 0.29) is 0 Å². The van der Waals surface area contributed by atoms with Crippen molar-refractivity contribution in [1.29, 1.82) is 0 Å². The minimum Gasteiger partial charge on any atom is -0.379 e. The second-order valence-electron chi connectivity index (χ2n) is 5.64. The summed E-state index contributed by atoms with van der Waals surface area (Å²) in [6.07, 6.45) is 0. The van der Waals surface area contributed by atoms with E-state index in [0.29, 0.717) is 0 Å². The van der Waals surface area contributed by atoms with Crippen molar-refractivity contribution in [3.63, 3.8) is 0 Å². The van der Waals surface area contributed by atoms with Crippen LogP contribution < -0.4 is 0 Å². The van der Waals surface area contributed by atoms with Gasteiger partial charge in [-0.05, 0) is 42.3 Å². The van der Waals surface area contributed by atoms with Crippen LogP contribution in [0.4, 0.5) is 0 Å². The molecule has 2 aromatic rings. The molecule has 1 fully saturated rings. The van der Waals surface area contributed by atoms with Crippen LogP contribution in [-0.4, -0.2) is 51.4 Å². The molecule has 0 bridgehead atoms. The second-order valence-corrected chi connectivity index (χ2v) is 5.64. The van der Waals surface area contributed by atoms with Gasteiger partial charge in [-0.25, -0.2) is 0 Å². The van der Waals surface area contributed by atoms with Crippen molar-refractivity contribution >= 4 is 0 Å². The van der Waals surface area contributed by atoms with Crippen molar-refractivity contribution in [1.82, 2.24) is 25.1 Å². The number of hydrogen-bond acceptors (Lipinski definition) is 5. The van der Waals surface area contributed by atoms with Gasteiger partial charge in [-0.2, -0.15) is 4.68 Å². The molecule has 0 amide bonds. The lowest BCUT2D eigenvalue weighted by Crippen LogP contribution is -2.36. The van der Waals surface area contributed by atoms with Crippen molar-refractivity contribution < 1.29 is 4.74 Å². The summed E-state index contributed by atoms with van der Waals surface area (Å²) < 4.78 is 7.26. The van der Waals surface area contributed by atoms with Crippen LogP contribution in [0.2, 0.25) is 0 Å². The number of tetrazole rings is 1. The molecule has 0 atom stereocenters. The summed E-state index contributed by atoms with van der Waals surface area (Å²) in [5.41, 5.74) is 4.75. The molecule has 0 saturated carbocycles. The Labute approximate surface area is 124 Å². The SMILES string of the molecule is Cc1cc(C)c(-n2nnnc2CN2CCOCC2)c(C)c1. The fourth-order valence-electron chi connectivity index (χ4n) is 2.94. The highest BCUT2D eigenvalue weighted by Gasteiger charge is 2.18. The first kappa shape index (κ1) is 14.2. The van der Waals surface area contributed by atoms with E-state index < -0.39 is 0 Å². The average molecular weight is 287 g/mol. The minimum atomic E-state index is 0.753. The van der Waals surface area contributed by atoms with Crippen LogP contribution in [0.25, 0.3) is 5.69 Å². The van der Waals surface area contributed by atoms with Crippen LogP contribution in [0.1, 0.15) is 22.5 Å². The maximum absolute atomic E-state index is 5.39. The van der Waals surface area contributed by atoms with Crippen LogP contribution >= 0.6 is 0 Å². The zero-order valence-corrected chi connectivity index (χ0v) is 12.8. The summed E-state index contributed by atoms with van der Waals surface area (Å²) in [7, 11) is 0. The topological polar surface area (TPSA) is 56.1 Å². The molecule has 1 aliphatic heterocycles. The van der Waals surface area contributed by atoms with Gasteiger partial charge < -0.3 is 4.74 Å². The van der Waals surface area contributed by atoms with E-state index in [2.05, 4.69) is 53.3 Å². The monoisotopic (exact) mass is 287 g/mol.